The molecular formula is C21H18F3N7O. The van der Waals surface area contributed by atoms with Gasteiger partial charge in [-0.1, -0.05) is 19.1 Å². The number of aromatic amines is 1. The van der Waals surface area contributed by atoms with Crippen LogP contribution in [0.3, 0.4) is 0 Å². The van der Waals surface area contributed by atoms with Gasteiger partial charge in [0.15, 0.2) is 11.3 Å². The lowest BCUT2D eigenvalue weighted by Crippen LogP contribution is -2.26. The highest BCUT2D eigenvalue weighted by Crippen LogP contribution is 2.30. The summed E-state index contributed by atoms with van der Waals surface area (Å²) in [4.78, 5) is 24.9. The van der Waals surface area contributed by atoms with Gasteiger partial charge in [-0.2, -0.15) is 18.3 Å². The summed E-state index contributed by atoms with van der Waals surface area (Å²) in [5, 5.41) is 4.26. The van der Waals surface area contributed by atoms with Gasteiger partial charge in [0.05, 0.1) is 23.9 Å². The zero-order valence-corrected chi connectivity index (χ0v) is 17.0. The van der Waals surface area contributed by atoms with Crippen molar-refractivity contribution < 1.29 is 13.2 Å². The van der Waals surface area contributed by atoms with E-state index < -0.39 is 11.7 Å². The molecule has 1 N–H and O–H groups in total. The number of H-pyrrole nitrogens is 1. The SMILES string of the molecule is CCCn1c(=O)n2ccnc2c2[nH]c(-c3cnn(Cc4cccc(C(F)(F)F)c4)c3)nc21. The second kappa shape index (κ2) is 7.36. The molecule has 11 heteroatoms. The van der Waals surface area contributed by atoms with Gasteiger partial charge in [0.25, 0.3) is 0 Å². The largest absolute Gasteiger partial charge is 0.416 e. The van der Waals surface area contributed by atoms with E-state index in [1.807, 2.05) is 6.92 Å². The van der Waals surface area contributed by atoms with Crippen molar-refractivity contribution in [2.75, 3.05) is 0 Å². The summed E-state index contributed by atoms with van der Waals surface area (Å²) >= 11 is 0. The van der Waals surface area contributed by atoms with E-state index in [9.17, 15) is 18.0 Å². The summed E-state index contributed by atoms with van der Waals surface area (Å²) in [5.74, 6) is 0.496. The average molecular weight is 441 g/mol. The van der Waals surface area contributed by atoms with Crippen LogP contribution in [0, 0.1) is 0 Å². The van der Waals surface area contributed by atoms with Gasteiger partial charge in [-0.25, -0.2) is 19.2 Å². The number of alkyl halides is 3. The molecule has 0 aliphatic rings. The third-order valence-corrected chi connectivity index (χ3v) is 5.19. The third kappa shape index (κ3) is 3.35. The number of hydrogen-bond donors (Lipinski definition) is 1. The number of fused-ring (bicyclic) bond motifs is 3. The minimum absolute atomic E-state index is 0.176. The Bertz CT molecular complexity index is 1490. The molecule has 0 fully saturated rings. The molecule has 0 amide bonds. The van der Waals surface area contributed by atoms with Crippen molar-refractivity contribution in [1.29, 1.82) is 0 Å². The van der Waals surface area contributed by atoms with Crippen LogP contribution in [0.25, 0.3) is 28.2 Å². The summed E-state index contributed by atoms with van der Waals surface area (Å²) in [6, 6.07) is 5.15. The number of nitrogens with one attached hydrogen (secondary N) is 1. The van der Waals surface area contributed by atoms with Gasteiger partial charge in [0, 0.05) is 25.1 Å². The molecule has 0 aliphatic carbocycles. The molecule has 4 heterocycles. The number of aromatic nitrogens is 7. The number of halogens is 3. The summed E-state index contributed by atoms with van der Waals surface area (Å²) in [5.41, 5.74) is 1.82. The lowest BCUT2D eigenvalue weighted by molar-refractivity contribution is -0.137. The van der Waals surface area contributed by atoms with Crippen molar-refractivity contribution >= 4 is 16.8 Å². The summed E-state index contributed by atoms with van der Waals surface area (Å²) in [6.45, 7) is 2.65. The molecule has 0 aliphatic heterocycles. The van der Waals surface area contributed by atoms with E-state index in [1.54, 1.807) is 40.1 Å². The molecule has 0 atom stereocenters. The minimum atomic E-state index is -4.40. The van der Waals surface area contributed by atoms with Gasteiger partial charge in [-0.15, -0.1) is 0 Å². The fraction of sp³-hybridized carbons (Fsp3) is 0.238. The Kier molecular flexibility index (Phi) is 4.61. The standard InChI is InChI=1S/C21H18F3N7O/c1-2-7-30-19-16(18-25-6-8-31(18)20(30)32)27-17(28-19)14-10-26-29(12-14)11-13-4-3-5-15(9-13)21(22,23)24/h3-6,8-10,12H,2,7,11H2,1H3,(H,27,28). The van der Waals surface area contributed by atoms with E-state index >= 15 is 0 Å². The first kappa shape index (κ1) is 20.0. The Balaban J connectivity index is 1.52. The molecule has 0 radical (unpaired) electrons. The monoisotopic (exact) mass is 441 g/mol. The zero-order chi connectivity index (χ0) is 22.5. The fourth-order valence-corrected chi connectivity index (χ4v) is 3.75. The van der Waals surface area contributed by atoms with E-state index in [0.29, 0.717) is 40.3 Å². The van der Waals surface area contributed by atoms with Crippen LogP contribution in [0.1, 0.15) is 24.5 Å². The Morgan fingerprint density at radius 2 is 2.03 bits per heavy atom. The summed E-state index contributed by atoms with van der Waals surface area (Å²) in [6.07, 6.45) is 2.80. The second-order valence-electron chi connectivity index (χ2n) is 7.46. The van der Waals surface area contributed by atoms with Crippen LogP contribution in [-0.2, 0) is 19.3 Å². The number of nitrogens with zero attached hydrogens (tertiary/aromatic N) is 6. The molecular weight excluding hydrogens is 423 g/mol. The van der Waals surface area contributed by atoms with Gasteiger partial charge in [0.1, 0.15) is 11.3 Å². The number of rotatable bonds is 5. The fourth-order valence-electron chi connectivity index (χ4n) is 3.75. The van der Waals surface area contributed by atoms with E-state index in [1.165, 1.54) is 10.5 Å². The highest BCUT2D eigenvalue weighted by atomic mass is 19.4. The Hall–Kier alpha value is -3.89. The molecule has 5 rings (SSSR count). The predicted octanol–water partition coefficient (Wildman–Crippen LogP) is 3.71. The smallest absolute Gasteiger partial charge is 0.333 e. The van der Waals surface area contributed by atoms with Crippen LogP contribution in [0.15, 0.2) is 53.8 Å². The van der Waals surface area contributed by atoms with Crippen LogP contribution in [0.5, 0.6) is 0 Å². The van der Waals surface area contributed by atoms with Crippen LogP contribution in [0.2, 0.25) is 0 Å². The topological polar surface area (TPSA) is 85.8 Å². The average Bonchev–Trinajstić information content (AvgIpc) is 3.49. The molecule has 8 nitrogen and oxygen atoms in total. The van der Waals surface area contributed by atoms with Gasteiger partial charge in [0.2, 0.25) is 0 Å². The number of imidazole rings is 2. The highest BCUT2D eigenvalue weighted by molar-refractivity contribution is 5.88. The predicted molar refractivity (Wildman–Crippen MR) is 111 cm³/mol. The Morgan fingerprint density at radius 1 is 1.19 bits per heavy atom. The molecule has 0 saturated heterocycles. The van der Waals surface area contributed by atoms with E-state index in [2.05, 4.69) is 20.1 Å². The molecule has 32 heavy (non-hydrogen) atoms. The van der Waals surface area contributed by atoms with Crippen molar-refractivity contribution in [3.8, 4) is 11.4 Å². The quantitative estimate of drug-likeness (QED) is 0.451. The second-order valence-corrected chi connectivity index (χ2v) is 7.46. The van der Waals surface area contributed by atoms with Crippen molar-refractivity contribution in [3.05, 3.63) is 70.7 Å². The van der Waals surface area contributed by atoms with Gasteiger partial charge in [-0.05, 0) is 24.1 Å². The van der Waals surface area contributed by atoms with Crippen molar-refractivity contribution in [3.63, 3.8) is 0 Å². The molecule has 0 unspecified atom stereocenters. The van der Waals surface area contributed by atoms with Gasteiger partial charge in [-0.3, -0.25) is 9.25 Å². The zero-order valence-electron chi connectivity index (χ0n) is 17.0. The third-order valence-electron chi connectivity index (χ3n) is 5.19. The van der Waals surface area contributed by atoms with Crippen LogP contribution >= 0.6 is 0 Å². The maximum atomic E-state index is 13.0. The van der Waals surface area contributed by atoms with E-state index in [4.69, 9.17) is 0 Å². The number of aryl methyl sites for hydroxylation is 1. The summed E-state index contributed by atoms with van der Waals surface area (Å²) < 4.78 is 43.5. The van der Waals surface area contributed by atoms with Crippen LogP contribution in [-0.4, -0.2) is 33.7 Å². The first-order chi connectivity index (χ1) is 15.3. The van der Waals surface area contributed by atoms with Crippen molar-refractivity contribution in [2.24, 2.45) is 0 Å². The number of benzene rings is 1. The normalized spacial score (nSPS) is 12.2. The van der Waals surface area contributed by atoms with Crippen molar-refractivity contribution in [1.82, 2.24) is 33.7 Å². The minimum Gasteiger partial charge on any atom is -0.333 e. The molecule has 5 aromatic rings. The number of hydrogen-bond acceptors (Lipinski definition) is 4. The maximum absolute atomic E-state index is 13.0. The first-order valence-electron chi connectivity index (χ1n) is 9.99. The molecule has 1 aromatic carbocycles. The lowest BCUT2D eigenvalue weighted by atomic mass is 10.1. The molecule has 164 valence electrons. The lowest BCUT2D eigenvalue weighted by Gasteiger charge is -2.08. The molecule has 0 saturated carbocycles. The van der Waals surface area contributed by atoms with Crippen LogP contribution in [0.4, 0.5) is 13.2 Å². The van der Waals surface area contributed by atoms with E-state index in [0.717, 1.165) is 18.6 Å². The molecule has 0 bridgehead atoms. The van der Waals surface area contributed by atoms with Gasteiger partial charge < -0.3 is 4.98 Å². The first-order valence-corrected chi connectivity index (χ1v) is 9.99. The highest BCUT2D eigenvalue weighted by Gasteiger charge is 2.30. The molecule has 0 spiro atoms. The molecule has 4 aromatic heterocycles. The van der Waals surface area contributed by atoms with Gasteiger partial charge >= 0.3 is 11.9 Å². The Morgan fingerprint density at radius 3 is 2.81 bits per heavy atom. The van der Waals surface area contributed by atoms with E-state index in [-0.39, 0.29) is 12.2 Å². The summed E-state index contributed by atoms with van der Waals surface area (Å²) in [7, 11) is 0. The van der Waals surface area contributed by atoms with Crippen LogP contribution < -0.4 is 5.69 Å². The Labute approximate surface area is 179 Å². The van der Waals surface area contributed by atoms with Crippen molar-refractivity contribution in [2.45, 2.75) is 32.6 Å². The maximum Gasteiger partial charge on any atom is 0.416 e.